The molecule has 0 aliphatic carbocycles. The Morgan fingerprint density at radius 3 is 2.15 bits per heavy atom. The number of halogens is 1. The molecule has 0 aliphatic heterocycles. The summed E-state index contributed by atoms with van der Waals surface area (Å²) in [5.41, 5.74) is 2.41. The zero-order valence-corrected chi connectivity index (χ0v) is 15.1. The molecule has 0 bridgehead atoms. The molecular formula is C21H19FN2OS. The summed E-state index contributed by atoms with van der Waals surface area (Å²) in [6.45, 7) is 0. The van der Waals surface area contributed by atoms with Crippen LogP contribution in [0.15, 0.2) is 78.9 Å². The molecule has 0 aliphatic rings. The van der Waals surface area contributed by atoms with E-state index in [0.29, 0.717) is 10.8 Å². The van der Waals surface area contributed by atoms with Crippen LogP contribution in [0.25, 0.3) is 0 Å². The number of anilines is 1. The fourth-order valence-electron chi connectivity index (χ4n) is 2.65. The minimum absolute atomic E-state index is 0.172. The lowest BCUT2D eigenvalue weighted by atomic mass is 9.99. The molecule has 1 atom stereocenters. The van der Waals surface area contributed by atoms with Gasteiger partial charge in [0.25, 0.3) is 0 Å². The molecule has 0 saturated carbocycles. The highest BCUT2D eigenvalue weighted by Crippen LogP contribution is 2.24. The number of hydrogen-bond donors (Lipinski definition) is 2. The van der Waals surface area contributed by atoms with Crippen LogP contribution >= 0.6 is 12.2 Å². The van der Waals surface area contributed by atoms with Gasteiger partial charge in [0.05, 0.1) is 18.8 Å². The van der Waals surface area contributed by atoms with Gasteiger partial charge in [-0.05, 0) is 47.6 Å². The Morgan fingerprint density at radius 2 is 1.50 bits per heavy atom. The summed E-state index contributed by atoms with van der Waals surface area (Å²) in [6, 6.07) is 24.0. The topological polar surface area (TPSA) is 33.3 Å². The molecule has 3 nitrogen and oxygen atoms in total. The molecule has 0 radical (unpaired) electrons. The Balaban J connectivity index is 1.83. The van der Waals surface area contributed by atoms with Crippen molar-refractivity contribution < 1.29 is 9.13 Å². The van der Waals surface area contributed by atoms with Crippen LogP contribution in [0, 0.1) is 5.82 Å². The molecule has 0 unspecified atom stereocenters. The Bertz CT molecular complexity index is 869. The fourth-order valence-corrected chi connectivity index (χ4v) is 2.88. The number of hydrogen-bond acceptors (Lipinski definition) is 2. The van der Waals surface area contributed by atoms with Crippen LogP contribution in [0.5, 0.6) is 5.75 Å². The van der Waals surface area contributed by atoms with Gasteiger partial charge in [-0.25, -0.2) is 4.39 Å². The summed E-state index contributed by atoms with van der Waals surface area (Å²) in [4.78, 5) is 0. The maximum atomic E-state index is 13.9. The number of thiocarbonyl (C=S) groups is 1. The van der Waals surface area contributed by atoms with Crippen LogP contribution in [0.3, 0.4) is 0 Å². The molecule has 3 rings (SSSR count). The standard InChI is InChI=1S/C21H19FN2OS/c1-25-17-13-11-16(12-14-17)20(15-7-3-2-4-8-15)24-21(26)23-19-10-6-5-9-18(19)22/h2-14,20H,1H3,(H2,23,24,26)/t20-/m1/s1. The highest BCUT2D eigenvalue weighted by atomic mass is 32.1. The smallest absolute Gasteiger partial charge is 0.171 e. The van der Waals surface area contributed by atoms with Gasteiger partial charge in [0, 0.05) is 0 Å². The van der Waals surface area contributed by atoms with Gasteiger partial charge in [0.1, 0.15) is 11.6 Å². The number of benzene rings is 3. The first-order valence-electron chi connectivity index (χ1n) is 8.18. The Kier molecular flexibility index (Phi) is 5.81. The third kappa shape index (κ3) is 4.37. The predicted octanol–water partition coefficient (Wildman–Crippen LogP) is 4.91. The van der Waals surface area contributed by atoms with Crippen LogP contribution in [-0.2, 0) is 0 Å². The molecule has 26 heavy (non-hydrogen) atoms. The molecule has 0 fully saturated rings. The number of methoxy groups -OCH3 is 1. The largest absolute Gasteiger partial charge is 0.497 e. The van der Waals surface area contributed by atoms with Crippen molar-refractivity contribution in [2.75, 3.05) is 12.4 Å². The van der Waals surface area contributed by atoms with Crippen LogP contribution in [0.4, 0.5) is 10.1 Å². The van der Waals surface area contributed by atoms with Crippen molar-refractivity contribution in [1.29, 1.82) is 0 Å². The van der Waals surface area contributed by atoms with E-state index in [1.165, 1.54) is 6.07 Å². The first-order chi connectivity index (χ1) is 12.7. The van der Waals surface area contributed by atoms with Crippen molar-refractivity contribution in [3.05, 3.63) is 95.8 Å². The Labute approximate surface area is 157 Å². The molecule has 0 saturated heterocycles. The van der Waals surface area contributed by atoms with E-state index in [2.05, 4.69) is 10.6 Å². The second kappa shape index (κ2) is 8.45. The van der Waals surface area contributed by atoms with E-state index in [4.69, 9.17) is 17.0 Å². The van der Waals surface area contributed by atoms with E-state index in [0.717, 1.165) is 16.9 Å². The maximum absolute atomic E-state index is 13.9. The number of rotatable bonds is 5. The molecule has 0 heterocycles. The lowest BCUT2D eigenvalue weighted by Gasteiger charge is -2.22. The van der Waals surface area contributed by atoms with Gasteiger partial charge >= 0.3 is 0 Å². The highest BCUT2D eigenvalue weighted by molar-refractivity contribution is 7.80. The maximum Gasteiger partial charge on any atom is 0.171 e. The van der Waals surface area contributed by atoms with Crippen molar-refractivity contribution in [2.45, 2.75) is 6.04 Å². The van der Waals surface area contributed by atoms with Gasteiger partial charge in [0.15, 0.2) is 5.11 Å². The number of para-hydroxylation sites is 1. The molecule has 3 aromatic rings. The van der Waals surface area contributed by atoms with Crippen LogP contribution in [-0.4, -0.2) is 12.2 Å². The summed E-state index contributed by atoms with van der Waals surface area (Å²) < 4.78 is 19.1. The zero-order chi connectivity index (χ0) is 18.4. The van der Waals surface area contributed by atoms with Crippen molar-refractivity contribution in [2.24, 2.45) is 0 Å². The normalized spacial score (nSPS) is 11.5. The van der Waals surface area contributed by atoms with Gasteiger partial charge in [0.2, 0.25) is 0 Å². The SMILES string of the molecule is COc1ccc([C@H](NC(=S)Nc2ccccc2F)c2ccccc2)cc1. The molecule has 0 aromatic heterocycles. The van der Waals surface area contributed by atoms with Crippen molar-refractivity contribution in [3.63, 3.8) is 0 Å². The minimum Gasteiger partial charge on any atom is -0.497 e. The summed E-state index contributed by atoms with van der Waals surface area (Å²) in [5, 5.41) is 6.55. The van der Waals surface area contributed by atoms with E-state index in [1.807, 2.05) is 54.6 Å². The Hall–Kier alpha value is -2.92. The van der Waals surface area contributed by atoms with E-state index in [9.17, 15) is 4.39 Å². The molecule has 2 N–H and O–H groups in total. The van der Waals surface area contributed by atoms with Gasteiger partial charge in [-0.2, -0.15) is 0 Å². The monoisotopic (exact) mass is 366 g/mol. The predicted molar refractivity (Wildman–Crippen MR) is 107 cm³/mol. The van der Waals surface area contributed by atoms with Crippen LogP contribution in [0.2, 0.25) is 0 Å². The van der Waals surface area contributed by atoms with Gasteiger partial charge in [-0.1, -0.05) is 54.6 Å². The molecular weight excluding hydrogens is 347 g/mol. The highest BCUT2D eigenvalue weighted by Gasteiger charge is 2.16. The first kappa shape index (κ1) is 17.9. The summed E-state index contributed by atoms with van der Waals surface area (Å²) in [5.74, 6) is 0.435. The van der Waals surface area contributed by atoms with Crippen molar-refractivity contribution in [3.8, 4) is 5.75 Å². The molecule has 0 amide bonds. The summed E-state index contributed by atoms with van der Waals surface area (Å²) in [6.07, 6.45) is 0. The molecule has 132 valence electrons. The van der Waals surface area contributed by atoms with Gasteiger partial charge < -0.3 is 15.4 Å². The van der Waals surface area contributed by atoms with E-state index in [-0.39, 0.29) is 11.9 Å². The van der Waals surface area contributed by atoms with Crippen molar-refractivity contribution >= 4 is 23.0 Å². The first-order valence-corrected chi connectivity index (χ1v) is 8.59. The van der Waals surface area contributed by atoms with Gasteiger partial charge in [-0.15, -0.1) is 0 Å². The van der Waals surface area contributed by atoms with Crippen molar-refractivity contribution in [1.82, 2.24) is 5.32 Å². The second-order valence-corrected chi connectivity index (χ2v) is 6.10. The lowest BCUT2D eigenvalue weighted by Crippen LogP contribution is -2.33. The minimum atomic E-state index is -0.350. The molecule has 5 heteroatoms. The third-order valence-corrected chi connectivity index (χ3v) is 4.20. The average Bonchev–Trinajstić information content (AvgIpc) is 2.69. The lowest BCUT2D eigenvalue weighted by molar-refractivity contribution is 0.414. The van der Waals surface area contributed by atoms with Gasteiger partial charge in [-0.3, -0.25) is 0 Å². The van der Waals surface area contributed by atoms with E-state index in [1.54, 1.807) is 25.3 Å². The van der Waals surface area contributed by atoms with E-state index >= 15 is 0 Å². The second-order valence-electron chi connectivity index (χ2n) is 5.70. The quantitative estimate of drug-likeness (QED) is 0.629. The molecule has 0 spiro atoms. The number of ether oxygens (including phenoxy) is 1. The van der Waals surface area contributed by atoms with Crippen LogP contribution < -0.4 is 15.4 Å². The van der Waals surface area contributed by atoms with E-state index < -0.39 is 0 Å². The number of nitrogens with one attached hydrogen (secondary N) is 2. The van der Waals surface area contributed by atoms with Crippen LogP contribution in [0.1, 0.15) is 17.2 Å². The fraction of sp³-hybridized carbons (Fsp3) is 0.0952. The molecule has 3 aromatic carbocycles. The third-order valence-electron chi connectivity index (χ3n) is 3.98. The average molecular weight is 366 g/mol. The Morgan fingerprint density at radius 1 is 0.885 bits per heavy atom. The summed E-state index contributed by atoms with van der Waals surface area (Å²) in [7, 11) is 1.63. The summed E-state index contributed by atoms with van der Waals surface area (Å²) >= 11 is 5.41. The zero-order valence-electron chi connectivity index (χ0n) is 14.3.